The number of carbonyl (C=O) groups is 4. The maximum absolute atomic E-state index is 13.1. The summed E-state index contributed by atoms with van der Waals surface area (Å²) in [5.41, 5.74) is -0.464. The third kappa shape index (κ3) is 3.99. The van der Waals surface area contributed by atoms with Crippen LogP contribution in [-0.2, 0) is 23.9 Å². The number of esters is 1. The number of imide groups is 1. The van der Waals surface area contributed by atoms with Gasteiger partial charge >= 0.3 is 5.97 Å². The Labute approximate surface area is 195 Å². The minimum atomic E-state index is -1.14. The van der Waals surface area contributed by atoms with E-state index in [1.54, 1.807) is 13.8 Å². The third-order valence-corrected chi connectivity index (χ3v) is 7.13. The van der Waals surface area contributed by atoms with Crippen LogP contribution in [0.15, 0.2) is 18.2 Å². The van der Waals surface area contributed by atoms with Crippen LogP contribution in [-0.4, -0.2) is 53.3 Å². The molecule has 0 spiro atoms. The molecule has 11 nitrogen and oxygen atoms in total. The molecule has 11 heteroatoms. The van der Waals surface area contributed by atoms with Crippen molar-refractivity contribution in [3.05, 3.63) is 28.3 Å². The molecule has 4 rings (SSSR count). The van der Waals surface area contributed by atoms with Crippen LogP contribution in [0.1, 0.15) is 33.1 Å². The zero-order chi connectivity index (χ0) is 24.7. The molecule has 1 aromatic rings. The fourth-order valence-electron chi connectivity index (χ4n) is 5.69. The number of hydrogen-bond acceptors (Lipinski definition) is 8. The highest BCUT2D eigenvalue weighted by Gasteiger charge is 2.62. The number of nitrogens with one attached hydrogen (secondary N) is 1. The molecule has 1 N–H and O–H groups in total. The number of ether oxygens (including phenoxy) is 2. The second-order valence-electron chi connectivity index (χ2n) is 9.42. The molecule has 1 aromatic carbocycles. The molecule has 2 aliphatic carbocycles. The Bertz CT molecular complexity index is 1030. The molecule has 1 aliphatic heterocycles. The second kappa shape index (κ2) is 9.03. The van der Waals surface area contributed by atoms with Gasteiger partial charge in [-0.2, -0.15) is 0 Å². The highest BCUT2D eigenvalue weighted by Crippen LogP contribution is 2.56. The van der Waals surface area contributed by atoms with Gasteiger partial charge in [0.15, 0.2) is 6.61 Å². The van der Waals surface area contributed by atoms with Crippen LogP contribution < -0.4 is 10.1 Å². The predicted octanol–water partition coefficient (Wildman–Crippen LogP) is 2.14. The Hall–Kier alpha value is -3.50. The Morgan fingerprint density at radius 3 is 2.32 bits per heavy atom. The van der Waals surface area contributed by atoms with Gasteiger partial charge < -0.3 is 14.8 Å². The molecule has 2 bridgehead atoms. The molecule has 3 aliphatic rings. The van der Waals surface area contributed by atoms with Gasteiger partial charge in [0.2, 0.25) is 11.8 Å². The number of carbonyl (C=O) groups excluding carboxylic acids is 4. The molecule has 1 heterocycles. The van der Waals surface area contributed by atoms with Crippen LogP contribution in [0.3, 0.4) is 0 Å². The number of rotatable bonds is 8. The minimum absolute atomic E-state index is 0.112. The van der Waals surface area contributed by atoms with Crippen molar-refractivity contribution >= 4 is 35.1 Å². The largest absolute Gasteiger partial charge is 0.497 e. The molecular formula is C23H27N3O8. The van der Waals surface area contributed by atoms with Gasteiger partial charge in [0.05, 0.1) is 23.9 Å². The van der Waals surface area contributed by atoms with Crippen molar-refractivity contribution in [1.29, 1.82) is 0 Å². The summed E-state index contributed by atoms with van der Waals surface area (Å²) in [5, 5.41) is 13.6. The lowest BCUT2D eigenvalue weighted by atomic mass is 9.81. The van der Waals surface area contributed by atoms with E-state index in [4.69, 9.17) is 9.47 Å². The number of likely N-dealkylation sites (tertiary alicyclic amines) is 1. The summed E-state index contributed by atoms with van der Waals surface area (Å²) >= 11 is 0. The highest BCUT2D eigenvalue weighted by atomic mass is 16.6. The summed E-state index contributed by atoms with van der Waals surface area (Å²) in [6.45, 7) is 2.68. The van der Waals surface area contributed by atoms with Gasteiger partial charge in [-0.3, -0.25) is 29.4 Å². The van der Waals surface area contributed by atoms with E-state index in [1.165, 1.54) is 25.3 Å². The fourth-order valence-corrected chi connectivity index (χ4v) is 5.69. The molecular weight excluding hydrogens is 446 g/mol. The molecule has 3 fully saturated rings. The van der Waals surface area contributed by atoms with Crippen LogP contribution >= 0.6 is 0 Å². The van der Waals surface area contributed by atoms with Crippen LogP contribution in [0.5, 0.6) is 5.75 Å². The first-order valence-corrected chi connectivity index (χ1v) is 11.3. The first-order valence-electron chi connectivity index (χ1n) is 11.3. The first-order chi connectivity index (χ1) is 16.1. The lowest BCUT2D eigenvalue weighted by molar-refractivity contribution is -0.383. The van der Waals surface area contributed by atoms with Crippen LogP contribution in [0.4, 0.5) is 11.4 Å². The van der Waals surface area contributed by atoms with Gasteiger partial charge in [-0.15, -0.1) is 0 Å². The van der Waals surface area contributed by atoms with E-state index >= 15 is 0 Å². The van der Waals surface area contributed by atoms with E-state index in [2.05, 4.69) is 5.32 Å². The molecule has 0 radical (unpaired) electrons. The van der Waals surface area contributed by atoms with Gasteiger partial charge in [-0.25, -0.2) is 4.79 Å². The van der Waals surface area contributed by atoms with Crippen molar-refractivity contribution in [2.24, 2.45) is 29.6 Å². The number of nitrogens with zero attached hydrogens (tertiary/aromatic N) is 2. The van der Waals surface area contributed by atoms with Gasteiger partial charge in [-0.1, -0.05) is 13.8 Å². The van der Waals surface area contributed by atoms with Crippen molar-refractivity contribution < 1.29 is 33.6 Å². The summed E-state index contributed by atoms with van der Waals surface area (Å²) in [5.74, 6) is -2.80. The summed E-state index contributed by atoms with van der Waals surface area (Å²) < 4.78 is 10.2. The molecule has 2 saturated carbocycles. The monoisotopic (exact) mass is 473 g/mol. The summed E-state index contributed by atoms with van der Waals surface area (Å²) in [4.78, 5) is 63.2. The van der Waals surface area contributed by atoms with Gasteiger partial charge in [0, 0.05) is 12.1 Å². The van der Waals surface area contributed by atoms with Crippen molar-refractivity contribution in [1.82, 2.24) is 4.90 Å². The molecule has 3 amide bonds. The molecule has 0 aromatic heterocycles. The zero-order valence-corrected chi connectivity index (χ0v) is 19.2. The summed E-state index contributed by atoms with van der Waals surface area (Å²) in [6.07, 6.45) is 2.73. The highest BCUT2D eigenvalue weighted by molar-refractivity contribution is 6.08. The lowest BCUT2D eigenvalue weighted by Crippen LogP contribution is -2.50. The topological polar surface area (TPSA) is 145 Å². The Morgan fingerprint density at radius 1 is 1.18 bits per heavy atom. The first kappa shape index (κ1) is 23.7. The quantitative estimate of drug-likeness (QED) is 0.262. The van der Waals surface area contributed by atoms with Crippen LogP contribution in [0.2, 0.25) is 0 Å². The standard InChI is InChI=1S/C23H27N3O8/c1-11(2)20(25-21(28)18-12-4-5-13(8-12)19(18)22(25)29)23(30)34-10-17(27)24-15-9-14(33-3)6-7-16(15)26(31)32/h6-7,9,11-13,18-20H,4-5,8,10H2,1-3H3,(H,24,27)/t12-,13-,18-,19+,20-/m0/s1. The van der Waals surface area contributed by atoms with Gasteiger partial charge in [0.1, 0.15) is 17.5 Å². The Morgan fingerprint density at radius 2 is 1.79 bits per heavy atom. The average molecular weight is 473 g/mol. The number of methoxy groups -OCH3 is 1. The molecule has 5 atom stereocenters. The van der Waals surface area contributed by atoms with E-state index in [-0.39, 0.29) is 46.9 Å². The van der Waals surface area contributed by atoms with E-state index in [0.717, 1.165) is 24.2 Å². The van der Waals surface area contributed by atoms with Crippen molar-refractivity contribution in [2.75, 3.05) is 19.0 Å². The number of fused-ring (bicyclic) bond motifs is 5. The lowest BCUT2D eigenvalue weighted by Gasteiger charge is -2.28. The molecule has 182 valence electrons. The fraction of sp³-hybridized carbons (Fsp3) is 0.565. The maximum Gasteiger partial charge on any atom is 0.330 e. The smallest absolute Gasteiger partial charge is 0.330 e. The van der Waals surface area contributed by atoms with Crippen LogP contribution in [0.25, 0.3) is 0 Å². The van der Waals surface area contributed by atoms with Gasteiger partial charge in [0.25, 0.3) is 11.6 Å². The molecule has 0 unspecified atom stereocenters. The average Bonchev–Trinajstić information content (AvgIpc) is 3.47. The van der Waals surface area contributed by atoms with Crippen molar-refractivity contribution in [3.63, 3.8) is 0 Å². The number of nitro benzene ring substituents is 1. The van der Waals surface area contributed by atoms with Crippen LogP contribution in [0, 0.1) is 39.7 Å². The SMILES string of the molecule is COc1ccc([N+](=O)[O-])c(NC(=O)COC(=O)[C@H](C(C)C)N2C(=O)[C@@H]3[C@H]4CC[C@@H](C4)[C@@H]3C2=O)c1. The second-order valence-corrected chi connectivity index (χ2v) is 9.42. The van der Waals surface area contributed by atoms with Crippen molar-refractivity contribution in [3.8, 4) is 5.75 Å². The third-order valence-electron chi connectivity index (χ3n) is 7.13. The normalized spacial score (nSPS) is 25.9. The predicted molar refractivity (Wildman–Crippen MR) is 118 cm³/mol. The molecule has 1 saturated heterocycles. The van der Waals surface area contributed by atoms with Crippen molar-refractivity contribution in [2.45, 2.75) is 39.2 Å². The van der Waals surface area contributed by atoms with E-state index < -0.39 is 35.4 Å². The summed E-state index contributed by atoms with van der Waals surface area (Å²) in [6, 6.07) is 2.71. The zero-order valence-electron chi connectivity index (χ0n) is 19.2. The van der Waals surface area contributed by atoms with E-state index in [9.17, 15) is 29.3 Å². The van der Waals surface area contributed by atoms with E-state index in [1.807, 2.05) is 0 Å². The Balaban J connectivity index is 1.43. The summed E-state index contributed by atoms with van der Waals surface area (Å²) in [7, 11) is 1.38. The minimum Gasteiger partial charge on any atom is -0.497 e. The number of nitro groups is 1. The number of anilines is 1. The Kier molecular flexibility index (Phi) is 6.28. The van der Waals surface area contributed by atoms with Gasteiger partial charge in [-0.05, 0) is 43.1 Å². The number of hydrogen-bond donors (Lipinski definition) is 1. The maximum atomic E-state index is 13.1. The van der Waals surface area contributed by atoms with E-state index in [0.29, 0.717) is 5.75 Å². The number of benzene rings is 1. The molecule has 34 heavy (non-hydrogen) atoms. The number of amides is 3.